The van der Waals surface area contributed by atoms with Gasteiger partial charge in [-0.3, -0.25) is 14.7 Å². The van der Waals surface area contributed by atoms with Crippen molar-refractivity contribution in [3.8, 4) is 11.5 Å². The number of anilines is 1. The van der Waals surface area contributed by atoms with Gasteiger partial charge in [0.05, 0.1) is 11.4 Å². The number of aryl methyl sites for hydroxylation is 1. The van der Waals surface area contributed by atoms with E-state index in [-0.39, 0.29) is 36.8 Å². The minimum absolute atomic E-state index is 0.0280. The molecule has 46 heavy (non-hydrogen) atoms. The molecule has 0 radical (unpaired) electrons. The van der Waals surface area contributed by atoms with Crippen LogP contribution in [0.3, 0.4) is 0 Å². The molecule has 2 aromatic carbocycles. The van der Waals surface area contributed by atoms with E-state index in [1.165, 1.54) is 0 Å². The topological polar surface area (TPSA) is 152 Å². The number of carbonyl (C=O) groups is 2. The third-order valence-electron chi connectivity index (χ3n) is 7.91. The van der Waals surface area contributed by atoms with Crippen LogP contribution < -0.4 is 24.3 Å². The predicted molar refractivity (Wildman–Crippen MR) is 179 cm³/mol. The summed E-state index contributed by atoms with van der Waals surface area (Å²) in [6, 6.07) is 14.0. The number of nitrogens with one attached hydrogen (secondary N) is 4. The van der Waals surface area contributed by atoms with Crippen molar-refractivity contribution in [2.75, 3.05) is 18.5 Å². The van der Waals surface area contributed by atoms with E-state index in [1.54, 1.807) is 40.9 Å². The van der Waals surface area contributed by atoms with Gasteiger partial charge in [0.1, 0.15) is 16.5 Å². The van der Waals surface area contributed by atoms with Crippen LogP contribution in [0.1, 0.15) is 72.0 Å². The molecule has 0 spiro atoms. The highest BCUT2D eigenvalue weighted by atomic mass is 35.5. The number of fused-ring (bicyclic) bond motifs is 1. The molecule has 0 aliphatic heterocycles. The van der Waals surface area contributed by atoms with Gasteiger partial charge in [0.2, 0.25) is 5.91 Å². The Bertz CT molecular complexity index is 1720. The zero-order valence-electron chi connectivity index (χ0n) is 27.4. The number of H-pyrrole nitrogens is 1. The number of carbonyl (C=O) groups excluding carboxylic acids is 2. The highest BCUT2D eigenvalue weighted by molar-refractivity contribution is 7.78. The van der Waals surface area contributed by atoms with Crippen molar-refractivity contribution < 1.29 is 22.7 Å². The maximum atomic E-state index is 13.1. The van der Waals surface area contributed by atoms with E-state index >= 15 is 0 Å². The number of ether oxygens (including phenoxy) is 1. The van der Waals surface area contributed by atoms with Gasteiger partial charge in [-0.25, -0.2) is 9.24 Å². The largest absolute Gasteiger partial charge is 0.482 e. The van der Waals surface area contributed by atoms with E-state index in [9.17, 15) is 13.8 Å². The Labute approximate surface area is 276 Å². The van der Waals surface area contributed by atoms with Crippen molar-refractivity contribution in [1.82, 2.24) is 29.9 Å². The maximum absolute atomic E-state index is 13.1. The summed E-state index contributed by atoms with van der Waals surface area (Å²) < 4.78 is 27.7. The Morgan fingerprint density at radius 3 is 2.33 bits per heavy atom. The Morgan fingerprint density at radius 2 is 1.65 bits per heavy atom. The number of rotatable bonds is 13. The van der Waals surface area contributed by atoms with Crippen LogP contribution in [0, 0.1) is 6.92 Å². The zero-order valence-corrected chi connectivity index (χ0v) is 29.0. The number of benzene rings is 2. The number of aromatic nitrogens is 4. The third kappa shape index (κ3) is 8.06. The van der Waals surface area contributed by atoms with Gasteiger partial charge in [0.15, 0.2) is 18.1 Å². The molecule has 2 aromatic heterocycles. The molecular formula is C32H42ClN7O5S. The Hall–Kier alpha value is -3.94. The van der Waals surface area contributed by atoms with Crippen LogP contribution in [-0.2, 0) is 31.7 Å². The summed E-state index contributed by atoms with van der Waals surface area (Å²) in [5.41, 5.74) is 1.11. The minimum atomic E-state index is -1.80. The molecule has 4 N–H and O–H groups in total. The minimum Gasteiger partial charge on any atom is -0.482 e. The first-order valence-electron chi connectivity index (χ1n) is 14.9. The fourth-order valence-electron chi connectivity index (χ4n) is 4.54. The summed E-state index contributed by atoms with van der Waals surface area (Å²) in [6.45, 7) is 15.7. The van der Waals surface area contributed by atoms with Gasteiger partial charge in [-0.05, 0) is 45.0 Å². The first-order valence-corrected chi connectivity index (χ1v) is 16.3. The molecule has 2 amide bonds. The molecular weight excluding hydrogens is 630 g/mol. The average molecular weight is 672 g/mol. The molecule has 4 aromatic rings. The van der Waals surface area contributed by atoms with Gasteiger partial charge >= 0.3 is 0 Å². The van der Waals surface area contributed by atoms with Gasteiger partial charge < -0.3 is 19.6 Å². The van der Waals surface area contributed by atoms with Gasteiger partial charge in [-0.15, -0.1) is 10.2 Å². The van der Waals surface area contributed by atoms with Crippen LogP contribution in [-0.4, -0.2) is 54.5 Å². The number of aromatic amines is 1. The molecule has 0 fully saturated rings. The number of nitrogens with zero attached hydrogens (tertiary/aromatic N) is 3. The van der Waals surface area contributed by atoms with E-state index in [1.807, 2.05) is 46.8 Å². The van der Waals surface area contributed by atoms with Crippen LogP contribution in [0.4, 0.5) is 5.69 Å². The molecule has 248 valence electrons. The number of hydrogen-bond acceptors (Lipinski definition) is 7. The Balaban J connectivity index is 1.32. The second-order valence-electron chi connectivity index (χ2n) is 13.1. The molecule has 0 saturated heterocycles. The average Bonchev–Trinajstić information content (AvgIpc) is 3.54. The van der Waals surface area contributed by atoms with Gasteiger partial charge in [0, 0.05) is 29.3 Å². The molecule has 2 heterocycles. The highest BCUT2D eigenvalue weighted by Crippen LogP contribution is 2.37. The second-order valence-corrected chi connectivity index (χ2v) is 14.4. The number of halogens is 1. The lowest BCUT2D eigenvalue weighted by Gasteiger charge is -2.40. The van der Waals surface area contributed by atoms with Crippen LogP contribution in [0.15, 0.2) is 48.5 Å². The van der Waals surface area contributed by atoms with E-state index in [2.05, 4.69) is 51.4 Å². The number of amides is 2. The molecule has 0 aliphatic rings. The number of hydrogen-bond donors (Lipinski definition) is 4. The normalized spacial score (nSPS) is 13.0. The summed E-state index contributed by atoms with van der Waals surface area (Å²) in [5.74, 6) is 0.706. The Morgan fingerprint density at radius 1 is 0.978 bits per heavy atom. The second kappa shape index (κ2) is 13.8. The lowest BCUT2D eigenvalue weighted by atomic mass is 9.73. The van der Waals surface area contributed by atoms with Gasteiger partial charge in [0.25, 0.3) is 17.2 Å². The summed E-state index contributed by atoms with van der Waals surface area (Å²) >= 11 is 4.82. The van der Waals surface area contributed by atoms with Crippen molar-refractivity contribution >= 4 is 46.0 Å². The van der Waals surface area contributed by atoms with Gasteiger partial charge in [-0.1, -0.05) is 76.0 Å². The van der Waals surface area contributed by atoms with Crippen LogP contribution in [0.25, 0.3) is 5.65 Å². The fraction of sp³-hybridized carbons (Fsp3) is 0.438. The van der Waals surface area contributed by atoms with Crippen LogP contribution >= 0.6 is 11.6 Å². The molecule has 4 rings (SSSR count). The molecule has 14 heteroatoms. The summed E-state index contributed by atoms with van der Waals surface area (Å²) in [6.07, 6.45) is 0.0280. The quantitative estimate of drug-likeness (QED) is 0.154. The SMILES string of the molecule is Cc1ccc(OS(=O)NCCC(=O)Nc2ccccc2OCC(=O)NC(C)(C)C(C)(C)c2nnc3c(Cl)c(C(C)(C)C)[nH]n23)cc1. The molecule has 0 saturated carbocycles. The fourth-order valence-corrected chi connectivity index (χ4v) is 5.60. The molecule has 12 nitrogen and oxygen atoms in total. The third-order valence-corrected chi connectivity index (χ3v) is 9.05. The van der Waals surface area contributed by atoms with Crippen molar-refractivity contribution in [3.05, 3.63) is 70.6 Å². The summed E-state index contributed by atoms with van der Waals surface area (Å²) in [4.78, 5) is 25.8. The maximum Gasteiger partial charge on any atom is 0.288 e. The van der Waals surface area contributed by atoms with Crippen molar-refractivity contribution in [3.63, 3.8) is 0 Å². The van der Waals surface area contributed by atoms with E-state index < -0.39 is 22.2 Å². The van der Waals surface area contributed by atoms with E-state index in [0.29, 0.717) is 33.7 Å². The Kier molecular flexibility index (Phi) is 10.5. The van der Waals surface area contributed by atoms with Crippen molar-refractivity contribution in [1.29, 1.82) is 0 Å². The van der Waals surface area contributed by atoms with Crippen molar-refractivity contribution in [2.24, 2.45) is 0 Å². The number of para-hydroxylation sites is 2. The molecule has 1 atom stereocenters. The van der Waals surface area contributed by atoms with E-state index in [4.69, 9.17) is 20.5 Å². The van der Waals surface area contributed by atoms with Gasteiger partial charge in [-0.2, -0.15) is 4.21 Å². The summed E-state index contributed by atoms with van der Waals surface area (Å²) in [5, 5.41) is 18.4. The standard InChI is InChI=1S/C32H42ClN7O5S/c1-20-13-15-21(16-14-20)45-46(43)34-18-17-24(41)35-22-11-9-10-12-23(22)44-19-25(42)36-32(7,8)31(5,6)29-38-37-28-26(33)27(30(2,3)4)39-40(28)29/h9-16,34,39H,17-19H2,1-8H3,(H,35,41)(H,36,42). The summed E-state index contributed by atoms with van der Waals surface area (Å²) in [7, 11) is 0. The zero-order chi connectivity index (χ0) is 33.9. The molecule has 0 aliphatic carbocycles. The first kappa shape index (κ1) is 34.9. The van der Waals surface area contributed by atoms with E-state index in [0.717, 1.165) is 11.3 Å². The monoisotopic (exact) mass is 671 g/mol. The first-order chi connectivity index (χ1) is 21.5. The highest BCUT2D eigenvalue weighted by Gasteiger charge is 2.44. The lowest BCUT2D eigenvalue weighted by molar-refractivity contribution is -0.125. The molecule has 1 unspecified atom stereocenters. The molecule has 0 bridgehead atoms. The van der Waals surface area contributed by atoms with Crippen LogP contribution in [0.2, 0.25) is 5.02 Å². The predicted octanol–water partition coefficient (Wildman–Crippen LogP) is 5.14. The van der Waals surface area contributed by atoms with Crippen molar-refractivity contribution in [2.45, 2.75) is 78.2 Å². The smallest absolute Gasteiger partial charge is 0.288 e. The van der Waals surface area contributed by atoms with Crippen LogP contribution in [0.5, 0.6) is 11.5 Å². The lowest BCUT2D eigenvalue weighted by Crippen LogP contribution is -2.57.